The minimum atomic E-state index is -3.58. The van der Waals surface area contributed by atoms with Crippen LogP contribution in [0.1, 0.15) is 176 Å². The lowest BCUT2D eigenvalue weighted by atomic mass is 10.0. The number of benzene rings is 2. The number of nitrogens with one attached hydrogen (secondary N) is 4. The van der Waals surface area contributed by atoms with Gasteiger partial charge in [-0.1, -0.05) is 93.8 Å². The van der Waals surface area contributed by atoms with Crippen LogP contribution < -0.4 is 0 Å². The predicted octanol–water partition coefficient (Wildman–Crippen LogP) is 15.1. The molecule has 0 unspecified atom stereocenters. The molecule has 103 heavy (non-hydrogen) atoms. The van der Waals surface area contributed by atoms with Crippen molar-refractivity contribution < 1.29 is 26.4 Å². The van der Waals surface area contributed by atoms with E-state index in [1.165, 1.54) is 24.9 Å². The van der Waals surface area contributed by atoms with E-state index in [4.69, 9.17) is 0 Å². The lowest BCUT2D eigenvalue weighted by Crippen LogP contribution is -2.19. The summed E-state index contributed by atoms with van der Waals surface area (Å²) in [5.41, 5.74) is 20.6. The number of nitrogens with zero attached hydrogens (tertiary/aromatic N) is 12. The van der Waals surface area contributed by atoms with E-state index < -0.39 is 20.0 Å². The van der Waals surface area contributed by atoms with E-state index in [0.717, 1.165) is 169 Å². The Kier molecular flexibility index (Phi) is 23.5. The largest absolute Gasteiger partial charge is 0.346 e. The first kappa shape index (κ1) is 73.5. The summed E-state index contributed by atoms with van der Waals surface area (Å²) >= 11 is 0. The first-order valence-electron chi connectivity index (χ1n) is 35.1. The summed E-state index contributed by atoms with van der Waals surface area (Å²) in [6.45, 7) is 19.4. The average Bonchev–Trinajstić information content (AvgIpc) is 1.65. The van der Waals surface area contributed by atoms with Gasteiger partial charge in [-0.15, -0.1) is 0 Å². The molecule has 0 aliphatic carbocycles. The van der Waals surface area contributed by atoms with Crippen LogP contribution in [0.3, 0.4) is 0 Å². The van der Waals surface area contributed by atoms with Crippen molar-refractivity contribution >= 4 is 76.0 Å². The molecule has 0 fully saturated rings. The lowest BCUT2D eigenvalue weighted by Gasteiger charge is -2.07. The second-order valence-corrected chi connectivity index (χ2v) is 29.9. The molecule has 12 heterocycles. The molecule has 0 aliphatic rings. The summed E-state index contributed by atoms with van der Waals surface area (Å²) < 4.78 is 56.3. The number of H-pyrrole nitrogens is 4. The van der Waals surface area contributed by atoms with E-state index in [2.05, 4.69) is 91.5 Å². The Morgan fingerprint density at radius 2 is 0.718 bits per heavy atom. The number of aromatic amines is 4. The van der Waals surface area contributed by atoms with Crippen molar-refractivity contribution in [3.05, 3.63) is 260 Å². The minimum absolute atomic E-state index is 0.0587. The van der Waals surface area contributed by atoms with Crippen LogP contribution in [0.25, 0.3) is 44.1 Å². The normalized spacial score (nSPS) is 11.6. The van der Waals surface area contributed by atoms with Crippen molar-refractivity contribution in [1.82, 2.24) is 77.8 Å². The molecule has 0 bridgehead atoms. The van der Waals surface area contributed by atoms with Gasteiger partial charge in [-0.05, 0) is 163 Å². The number of pyridine rings is 4. The fourth-order valence-electron chi connectivity index (χ4n) is 13.2. The van der Waals surface area contributed by atoms with E-state index in [9.17, 15) is 26.4 Å². The zero-order chi connectivity index (χ0) is 73.0. The zero-order valence-corrected chi connectivity index (χ0v) is 61.9. The Morgan fingerprint density at radius 3 is 1.10 bits per heavy atom. The molecular formula is C79H90N16O6S2. The molecule has 0 atom stereocenters. The number of rotatable bonds is 23. The number of aromatic nitrogens is 16. The molecule has 0 radical (unpaired) electrons. The van der Waals surface area contributed by atoms with Gasteiger partial charge in [0.2, 0.25) is 11.8 Å². The number of carbonyl (C=O) groups is 2. The standard InChI is InChI=1S/C23H24N4O.C20H20N4O2S.C19H24N4O.C17H22N4O2S/c1-16-21(14-19-15-25-23-20(19)11-7-13-24-23)17(2)27(26-16)22(28)12-6-10-18-8-4-3-5-9-18;1-14-19(11-17-12-22-20-18(17)9-6-10-21-20)15(2)24(23-14)27(25,26)13-16-7-4-3-5-8-16;1-4-5-6-9-18(24)23-14(3)17(13(2)22-23)11-15-12-21-19-16(15)8-7-10-20-19;1-4-5-9-24(22,23)21-13(3)16(12(2)20-21)10-14-11-19-17-15(14)7-6-8-18-17/h3-5,7-9,11,13,15H,6,10,12,14H2,1-2H3,(H,24,25);3-10,12H,11,13H2,1-2H3,(H,21,22);7-8,10,12H,4-6,9,11H2,1-3H3,(H,20,21);6-8,11H,4-5,9-10H2,1-3H3,(H,18,19). The van der Waals surface area contributed by atoms with Crippen molar-refractivity contribution in [2.24, 2.45) is 0 Å². The van der Waals surface area contributed by atoms with Crippen LogP contribution in [0.2, 0.25) is 0 Å². The van der Waals surface area contributed by atoms with Crippen molar-refractivity contribution in [2.75, 3.05) is 5.75 Å². The second-order valence-electron chi connectivity index (χ2n) is 26.2. The third kappa shape index (κ3) is 17.1. The van der Waals surface area contributed by atoms with E-state index >= 15 is 0 Å². The van der Waals surface area contributed by atoms with Crippen LogP contribution in [0.4, 0.5) is 0 Å². The summed E-state index contributed by atoms with van der Waals surface area (Å²) in [5, 5.41) is 22.0. The summed E-state index contributed by atoms with van der Waals surface area (Å²) in [5.74, 6) is 0.202. The van der Waals surface area contributed by atoms with Crippen molar-refractivity contribution in [1.29, 1.82) is 0 Å². The highest BCUT2D eigenvalue weighted by molar-refractivity contribution is 7.89. The first-order chi connectivity index (χ1) is 49.6. The summed E-state index contributed by atoms with van der Waals surface area (Å²) in [6.07, 6.45) is 25.0. The van der Waals surface area contributed by atoms with Crippen LogP contribution in [0.5, 0.6) is 0 Å². The predicted molar refractivity (Wildman–Crippen MR) is 406 cm³/mol. The SMILES string of the molecule is CCCCCC(=O)n1nc(C)c(Cc2c[nH]c3ncccc23)c1C.CCCCS(=O)(=O)n1nc(C)c(Cc2c[nH]c3ncccc23)c1C.Cc1nn(C(=O)CCCc2ccccc2)c(C)c1Cc1c[nH]c2ncccc12.Cc1nn(S(=O)(=O)Cc2ccccc2)c(C)c1Cc1c[nH]c2ncccc12. The van der Waals surface area contributed by atoms with Gasteiger partial charge < -0.3 is 19.9 Å². The molecule has 0 saturated carbocycles. The molecule has 22 nitrogen and oxygen atoms in total. The molecule has 24 heteroatoms. The smallest absolute Gasteiger partial charge is 0.258 e. The maximum Gasteiger partial charge on any atom is 0.258 e. The summed E-state index contributed by atoms with van der Waals surface area (Å²) in [7, 11) is -6.97. The molecular weight excluding hydrogens is 1330 g/mol. The lowest BCUT2D eigenvalue weighted by molar-refractivity contribution is 0.0872. The molecule has 12 aromatic heterocycles. The Bertz CT molecular complexity index is 5500. The molecule has 0 aliphatic heterocycles. The van der Waals surface area contributed by atoms with Gasteiger partial charge >= 0.3 is 0 Å². The number of carbonyl (C=O) groups excluding carboxylic acids is 2. The fraction of sp³-hybridized carbons (Fsp3) is 0.316. The van der Waals surface area contributed by atoms with E-state index in [0.29, 0.717) is 43.5 Å². The van der Waals surface area contributed by atoms with Gasteiger partial charge in [0.15, 0.2) is 0 Å². The van der Waals surface area contributed by atoms with Crippen LogP contribution >= 0.6 is 0 Å². The van der Waals surface area contributed by atoms with Gasteiger partial charge in [0.05, 0.1) is 45.7 Å². The Morgan fingerprint density at radius 1 is 0.379 bits per heavy atom. The quantitative estimate of drug-likeness (QED) is 0.0433. The van der Waals surface area contributed by atoms with Gasteiger partial charge in [-0.3, -0.25) is 9.59 Å². The maximum absolute atomic E-state index is 12.9. The highest BCUT2D eigenvalue weighted by Crippen LogP contribution is 2.29. The van der Waals surface area contributed by atoms with Crippen LogP contribution in [-0.2, 0) is 57.9 Å². The second kappa shape index (κ2) is 32.9. The van der Waals surface area contributed by atoms with E-state index in [1.54, 1.807) is 34.2 Å². The van der Waals surface area contributed by atoms with Crippen LogP contribution in [0.15, 0.2) is 159 Å². The molecule has 0 amide bonds. The molecule has 0 saturated heterocycles. The molecule has 14 aromatic rings. The van der Waals surface area contributed by atoms with Crippen LogP contribution in [-0.4, -0.2) is 112 Å². The van der Waals surface area contributed by atoms with Gasteiger partial charge in [0, 0.05) is 143 Å². The highest BCUT2D eigenvalue weighted by Gasteiger charge is 2.26. The maximum atomic E-state index is 12.9. The van der Waals surface area contributed by atoms with Crippen molar-refractivity contribution in [3.8, 4) is 0 Å². The summed E-state index contributed by atoms with van der Waals surface area (Å²) in [4.78, 5) is 55.1. The van der Waals surface area contributed by atoms with Crippen molar-refractivity contribution in [3.63, 3.8) is 0 Å². The van der Waals surface area contributed by atoms with Crippen molar-refractivity contribution in [2.45, 2.75) is 158 Å². The number of fused-ring (bicyclic) bond motifs is 4. The monoisotopic (exact) mass is 1420 g/mol. The molecule has 0 spiro atoms. The zero-order valence-electron chi connectivity index (χ0n) is 60.3. The topological polar surface area (TPSA) is 288 Å². The number of unbranched alkanes of at least 4 members (excludes halogenated alkanes) is 3. The third-order valence-corrected chi connectivity index (χ3v) is 22.2. The average molecular weight is 1420 g/mol. The molecule has 14 rings (SSSR count). The van der Waals surface area contributed by atoms with Gasteiger partial charge in [-0.25, -0.2) is 46.1 Å². The van der Waals surface area contributed by atoms with Gasteiger partial charge in [0.25, 0.3) is 20.0 Å². The first-order valence-corrected chi connectivity index (χ1v) is 38.3. The highest BCUT2D eigenvalue weighted by atomic mass is 32.2. The molecule has 534 valence electrons. The molecule has 2 aromatic carbocycles. The Hall–Kier alpha value is -10.7. The van der Waals surface area contributed by atoms with Crippen LogP contribution in [0, 0.1) is 55.4 Å². The number of hydrogen-bond acceptors (Lipinski definition) is 14. The minimum Gasteiger partial charge on any atom is -0.346 e. The number of aryl methyl sites for hydroxylation is 5. The molecule has 4 N–H and O–H groups in total. The van der Waals surface area contributed by atoms with Gasteiger partial charge in [0.1, 0.15) is 22.6 Å². The van der Waals surface area contributed by atoms with E-state index in [1.807, 2.05) is 172 Å². The number of hydrogen-bond donors (Lipinski definition) is 4. The fourth-order valence-corrected chi connectivity index (χ4v) is 16.3. The van der Waals surface area contributed by atoms with E-state index in [-0.39, 0.29) is 23.3 Å². The van der Waals surface area contributed by atoms with Gasteiger partial charge in [-0.2, -0.15) is 28.6 Å². The summed E-state index contributed by atoms with van der Waals surface area (Å²) in [6, 6.07) is 35.3. The Balaban J connectivity index is 0.000000138. The third-order valence-electron chi connectivity index (χ3n) is 18.9. The Labute approximate surface area is 601 Å².